The van der Waals surface area contributed by atoms with Crippen molar-refractivity contribution in [2.45, 2.75) is 26.4 Å². The number of halogens is 1. The third-order valence-electron chi connectivity index (χ3n) is 4.41. The Labute approximate surface area is 172 Å². The van der Waals surface area contributed by atoms with Crippen molar-refractivity contribution in [1.29, 1.82) is 0 Å². The average Bonchev–Trinajstić information content (AvgIpc) is 2.70. The highest BCUT2D eigenvalue weighted by Gasteiger charge is 2.12. The van der Waals surface area contributed by atoms with Gasteiger partial charge in [0, 0.05) is 28.2 Å². The third kappa shape index (κ3) is 5.14. The normalized spacial score (nSPS) is 11.7. The summed E-state index contributed by atoms with van der Waals surface area (Å²) in [6.45, 7) is 3.45. The summed E-state index contributed by atoms with van der Waals surface area (Å²) in [6.07, 6.45) is 3.22. The van der Waals surface area contributed by atoms with E-state index < -0.39 is 0 Å². The molecule has 1 atom stereocenters. The number of rotatable bonds is 7. The van der Waals surface area contributed by atoms with Crippen LogP contribution in [-0.4, -0.2) is 16.6 Å². The van der Waals surface area contributed by atoms with Crippen molar-refractivity contribution in [1.82, 2.24) is 4.98 Å². The van der Waals surface area contributed by atoms with Crippen LogP contribution in [0.25, 0.3) is 0 Å². The number of nitrogens with zero attached hydrogens (tertiary/aromatic N) is 1. The van der Waals surface area contributed by atoms with Gasteiger partial charge in [-0.2, -0.15) is 0 Å². The monoisotopic (exact) mass is 437 g/mol. The van der Waals surface area contributed by atoms with Crippen LogP contribution in [0.2, 0.25) is 0 Å². The van der Waals surface area contributed by atoms with Gasteiger partial charge in [0.15, 0.2) is 11.6 Å². The molecule has 0 aliphatic heterocycles. The van der Waals surface area contributed by atoms with Crippen LogP contribution >= 0.6 is 15.9 Å². The predicted octanol–water partition coefficient (Wildman–Crippen LogP) is 5.61. The van der Waals surface area contributed by atoms with Gasteiger partial charge in [-0.3, -0.25) is 14.6 Å². The second-order valence-electron chi connectivity index (χ2n) is 6.57. The average molecular weight is 438 g/mol. The van der Waals surface area contributed by atoms with E-state index in [2.05, 4.69) is 20.9 Å². The van der Waals surface area contributed by atoms with Gasteiger partial charge in [-0.1, -0.05) is 52.3 Å². The number of benzene rings is 2. The van der Waals surface area contributed by atoms with Gasteiger partial charge in [0.1, 0.15) is 11.9 Å². The quantitative estimate of drug-likeness (QED) is 0.450. The van der Waals surface area contributed by atoms with E-state index in [4.69, 9.17) is 4.74 Å². The van der Waals surface area contributed by atoms with Crippen molar-refractivity contribution in [3.8, 4) is 5.75 Å². The molecule has 1 heterocycles. The molecule has 0 spiro atoms. The number of pyridine rings is 1. The van der Waals surface area contributed by atoms with Crippen molar-refractivity contribution in [2.75, 3.05) is 0 Å². The Bertz CT molecular complexity index is 981. The Morgan fingerprint density at radius 1 is 1.00 bits per heavy atom. The first-order chi connectivity index (χ1) is 13.4. The lowest BCUT2D eigenvalue weighted by atomic mass is 10.0. The SMILES string of the molecule is CC(=O)c1ccc([C@H](C)Oc2cncc(C(=O)Cc3ccc(Br)cc3)c2)cc1. The first kappa shape index (κ1) is 20.0. The molecule has 0 saturated heterocycles. The molecule has 2 aromatic carbocycles. The Morgan fingerprint density at radius 3 is 2.32 bits per heavy atom. The molecule has 3 rings (SSSR count). The van der Waals surface area contributed by atoms with E-state index in [1.165, 1.54) is 6.92 Å². The number of hydrogen-bond donors (Lipinski definition) is 0. The maximum absolute atomic E-state index is 12.6. The van der Waals surface area contributed by atoms with Crippen LogP contribution in [0, 0.1) is 0 Å². The summed E-state index contributed by atoms with van der Waals surface area (Å²) in [5.74, 6) is 0.546. The lowest BCUT2D eigenvalue weighted by molar-refractivity contribution is 0.0989. The maximum Gasteiger partial charge on any atom is 0.168 e. The molecule has 0 fully saturated rings. The third-order valence-corrected chi connectivity index (χ3v) is 4.94. The topological polar surface area (TPSA) is 56.3 Å². The molecule has 142 valence electrons. The van der Waals surface area contributed by atoms with Gasteiger partial charge in [-0.15, -0.1) is 0 Å². The zero-order valence-electron chi connectivity index (χ0n) is 15.7. The molecule has 0 aliphatic carbocycles. The van der Waals surface area contributed by atoms with Crippen LogP contribution in [0.5, 0.6) is 5.75 Å². The van der Waals surface area contributed by atoms with Crippen LogP contribution in [-0.2, 0) is 6.42 Å². The number of ether oxygens (including phenoxy) is 1. The van der Waals surface area contributed by atoms with E-state index in [0.717, 1.165) is 15.6 Å². The molecule has 0 unspecified atom stereocenters. The summed E-state index contributed by atoms with van der Waals surface area (Å²) in [5.41, 5.74) is 3.06. The maximum atomic E-state index is 12.6. The van der Waals surface area contributed by atoms with Crippen molar-refractivity contribution in [3.63, 3.8) is 0 Å². The van der Waals surface area contributed by atoms with Crippen molar-refractivity contribution < 1.29 is 14.3 Å². The Balaban J connectivity index is 1.69. The fourth-order valence-corrected chi connectivity index (χ4v) is 3.05. The molecule has 0 saturated carbocycles. The summed E-state index contributed by atoms with van der Waals surface area (Å²) in [4.78, 5) is 28.1. The standard InChI is InChI=1S/C23H20BrNO3/c1-15(26)18-5-7-19(8-6-18)16(2)28-22-12-20(13-25-14-22)23(27)11-17-3-9-21(24)10-4-17/h3-10,12-14,16H,11H2,1-2H3/t16-/m0/s1. The zero-order chi connectivity index (χ0) is 20.1. The van der Waals surface area contributed by atoms with Crippen molar-refractivity contribution in [2.24, 2.45) is 0 Å². The van der Waals surface area contributed by atoms with Gasteiger partial charge < -0.3 is 4.74 Å². The minimum Gasteiger partial charge on any atom is -0.484 e. The fourth-order valence-electron chi connectivity index (χ4n) is 2.79. The lowest BCUT2D eigenvalue weighted by Gasteiger charge is -2.15. The zero-order valence-corrected chi connectivity index (χ0v) is 17.3. The van der Waals surface area contributed by atoms with E-state index in [0.29, 0.717) is 23.3 Å². The molecule has 3 aromatic rings. The fraction of sp³-hybridized carbons (Fsp3) is 0.174. The second-order valence-corrected chi connectivity index (χ2v) is 7.49. The number of carbonyl (C=O) groups is 2. The van der Waals surface area contributed by atoms with Crippen LogP contribution in [0.4, 0.5) is 0 Å². The van der Waals surface area contributed by atoms with Gasteiger partial charge in [0.25, 0.3) is 0 Å². The Hall–Kier alpha value is -2.79. The highest BCUT2D eigenvalue weighted by atomic mass is 79.9. The van der Waals surface area contributed by atoms with Gasteiger partial charge >= 0.3 is 0 Å². The summed E-state index contributed by atoms with van der Waals surface area (Å²) in [6, 6.07) is 16.7. The molecule has 0 N–H and O–H groups in total. The first-order valence-electron chi connectivity index (χ1n) is 8.92. The molecule has 0 amide bonds. The van der Waals surface area contributed by atoms with Crippen LogP contribution < -0.4 is 4.74 Å². The highest BCUT2D eigenvalue weighted by Crippen LogP contribution is 2.23. The Kier molecular flexibility index (Phi) is 6.37. The summed E-state index contributed by atoms with van der Waals surface area (Å²) >= 11 is 3.39. The molecular weight excluding hydrogens is 418 g/mol. The molecule has 1 aromatic heterocycles. The number of aromatic nitrogens is 1. The van der Waals surface area contributed by atoms with Crippen LogP contribution in [0.3, 0.4) is 0 Å². The molecular formula is C23H20BrNO3. The molecule has 5 heteroatoms. The highest BCUT2D eigenvalue weighted by molar-refractivity contribution is 9.10. The summed E-state index contributed by atoms with van der Waals surface area (Å²) in [5, 5.41) is 0. The van der Waals surface area contributed by atoms with E-state index in [-0.39, 0.29) is 17.7 Å². The van der Waals surface area contributed by atoms with E-state index in [1.54, 1.807) is 30.6 Å². The van der Waals surface area contributed by atoms with E-state index in [9.17, 15) is 9.59 Å². The van der Waals surface area contributed by atoms with E-state index in [1.807, 2.05) is 43.3 Å². The van der Waals surface area contributed by atoms with Crippen molar-refractivity contribution in [3.05, 3.63) is 93.7 Å². The number of ketones is 2. The summed E-state index contributed by atoms with van der Waals surface area (Å²) in [7, 11) is 0. The molecule has 4 nitrogen and oxygen atoms in total. The summed E-state index contributed by atoms with van der Waals surface area (Å²) < 4.78 is 6.93. The molecule has 0 aliphatic rings. The molecule has 0 bridgehead atoms. The van der Waals surface area contributed by atoms with Gasteiger partial charge in [-0.25, -0.2) is 0 Å². The Morgan fingerprint density at radius 2 is 1.68 bits per heavy atom. The molecule has 0 radical (unpaired) electrons. The predicted molar refractivity (Wildman–Crippen MR) is 112 cm³/mol. The number of hydrogen-bond acceptors (Lipinski definition) is 4. The minimum atomic E-state index is -0.236. The van der Waals surface area contributed by atoms with Crippen LogP contribution in [0.15, 0.2) is 71.5 Å². The number of carbonyl (C=O) groups excluding carboxylic acids is 2. The first-order valence-corrected chi connectivity index (χ1v) is 9.72. The second kappa shape index (κ2) is 8.93. The lowest BCUT2D eigenvalue weighted by Crippen LogP contribution is -2.07. The largest absolute Gasteiger partial charge is 0.484 e. The van der Waals surface area contributed by atoms with Gasteiger partial charge in [0.2, 0.25) is 0 Å². The van der Waals surface area contributed by atoms with Gasteiger partial charge in [-0.05, 0) is 43.2 Å². The van der Waals surface area contributed by atoms with Gasteiger partial charge in [0.05, 0.1) is 6.20 Å². The smallest absolute Gasteiger partial charge is 0.168 e. The van der Waals surface area contributed by atoms with Crippen molar-refractivity contribution >= 4 is 27.5 Å². The van der Waals surface area contributed by atoms with E-state index >= 15 is 0 Å². The number of Topliss-reactive ketones (excluding diaryl/α,β-unsaturated/α-hetero) is 2. The van der Waals surface area contributed by atoms with Crippen LogP contribution in [0.1, 0.15) is 51.8 Å². The minimum absolute atomic E-state index is 0.0151. The molecule has 28 heavy (non-hydrogen) atoms.